The van der Waals surface area contributed by atoms with Crippen LogP contribution in [0.15, 0.2) is 66.0 Å². The second-order valence-electron chi connectivity index (χ2n) is 10.1. The van der Waals surface area contributed by atoms with Crippen molar-refractivity contribution >= 4 is 23.2 Å². The summed E-state index contributed by atoms with van der Waals surface area (Å²) >= 11 is 0. The molecular weight excluding hydrogens is 424 g/mol. The van der Waals surface area contributed by atoms with Crippen molar-refractivity contribution in [3.05, 3.63) is 88.3 Å². The minimum atomic E-state index is -0.360. The van der Waals surface area contributed by atoms with Crippen LogP contribution in [0, 0.1) is 12.3 Å². The van der Waals surface area contributed by atoms with E-state index in [9.17, 15) is 9.59 Å². The van der Waals surface area contributed by atoms with Gasteiger partial charge in [-0.25, -0.2) is 4.68 Å². The Kier molecular flexibility index (Phi) is 5.39. The Bertz CT molecular complexity index is 1300. The number of fused-ring (bicyclic) bond motifs is 1. The summed E-state index contributed by atoms with van der Waals surface area (Å²) in [7, 11) is 0. The molecule has 2 aromatic carbocycles. The first-order chi connectivity index (χ1) is 16.3. The topological polar surface area (TPSA) is 76.0 Å². The van der Waals surface area contributed by atoms with Gasteiger partial charge < -0.3 is 10.6 Å². The lowest BCUT2D eigenvalue weighted by Crippen LogP contribution is -2.37. The number of hydrogen-bond acceptors (Lipinski definition) is 4. The molecule has 1 aliphatic carbocycles. The van der Waals surface area contributed by atoms with E-state index < -0.39 is 0 Å². The Balaban J connectivity index is 1.56. The maximum atomic E-state index is 13.3. The van der Waals surface area contributed by atoms with Crippen LogP contribution in [-0.4, -0.2) is 21.5 Å². The fourth-order valence-electron chi connectivity index (χ4n) is 4.96. The maximum Gasteiger partial charge on any atom is 0.261 e. The van der Waals surface area contributed by atoms with E-state index in [0.29, 0.717) is 17.8 Å². The SMILES string of the molecule is CCc1ccc(NC(=O)c2cnn3c2NC2=C(C(=O)CC(C)(C)C2)C3c2ccc(C)cc2)cc1. The summed E-state index contributed by atoms with van der Waals surface area (Å²) in [5.41, 5.74) is 6.04. The number of Topliss-reactive ketones (excluding diaryl/α,β-unsaturated/α-hetero) is 1. The predicted octanol–water partition coefficient (Wildman–Crippen LogP) is 5.66. The van der Waals surface area contributed by atoms with Crippen molar-refractivity contribution in [2.24, 2.45) is 5.41 Å². The first kappa shape index (κ1) is 22.1. The first-order valence-corrected chi connectivity index (χ1v) is 11.8. The smallest absolute Gasteiger partial charge is 0.261 e. The van der Waals surface area contributed by atoms with Crippen LogP contribution in [0.4, 0.5) is 11.5 Å². The Hall–Kier alpha value is -3.67. The van der Waals surface area contributed by atoms with Gasteiger partial charge >= 0.3 is 0 Å². The van der Waals surface area contributed by atoms with Gasteiger partial charge in [0.15, 0.2) is 5.78 Å². The fraction of sp³-hybridized carbons (Fsp3) is 0.321. The second kappa shape index (κ2) is 8.28. The van der Waals surface area contributed by atoms with E-state index in [2.05, 4.69) is 36.5 Å². The lowest BCUT2D eigenvalue weighted by Gasteiger charge is -2.39. The predicted molar refractivity (Wildman–Crippen MR) is 134 cm³/mol. The van der Waals surface area contributed by atoms with E-state index in [1.807, 2.05) is 55.5 Å². The molecule has 0 spiro atoms. The zero-order valence-corrected chi connectivity index (χ0v) is 20.1. The van der Waals surface area contributed by atoms with Gasteiger partial charge in [0, 0.05) is 23.4 Å². The summed E-state index contributed by atoms with van der Waals surface area (Å²) in [6.07, 6.45) is 3.77. The van der Waals surface area contributed by atoms with E-state index in [1.54, 1.807) is 10.9 Å². The molecule has 1 amide bonds. The molecule has 6 heteroatoms. The van der Waals surface area contributed by atoms with Crippen LogP contribution >= 0.6 is 0 Å². The highest BCUT2D eigenvalue weighted by atomic mass is 16.1. The number of anilines is 2. The molecule has 0 saturated carbocycles. The van der Waals surface area contributed by atoms with Crippen LogP contribution in [0.1, 0.15) is 66.7 Å². The average molecular weight is 455 g/mol. The van der Waals surface area contributed by atoms with Crippen molar-refractivity contribution in [1.82, 2.24) is 9.78 Å². The van der Waals surface area contributed by atoms with Gasteiger partial charge in [-0.2, -0.15) is 5.10 Å². The number of aryl methyl sites for hydroxylation is 2. The Morgan fingerprint density at radius 2 is 1.82 bits per heavy atom. The molecule has 2 heterocycles. The zero-order valence-electron chi connectivity index (χ0n) is 20.1. The van der Waals surface area contributed by atoms with Crippen molar-refractivity contribution in [2.45, 2.75) is 53.0 Å². The summed E-state index contributed by atoms with van der Waals surface area (Å²) in [6, 6.07) is 15.7. The highest BCUT2D eigenvalue weighted by molar-refractivity contribution is 6.08. The fourth-order valence-corrected chi connectivity index (χ4v) is 4.96. The zero-order chi connectivity index (χ0) is 24.0. The average Bonchev–Trinajstić information content (AvgIpc) is 3.22. The molecule has 0 fully saturated rings. The highest BCUT2D eigenvalue weighted by Crippen LogP contribution is 2.46. The molecule has 0 bridgehead atoms. The Labute approximate surface area is 200 Å². The molecule has 1 aromatic heterocycles. The normalized spacial score (nSPS) is 18.7. The number of benzene rings is 2. The van der Waals surface area contributed by atoms with Crippen LogP contribution in [0.3, 0.4) is 0 Å². The van der Waals surface area contributed by atoms with Gasteiger partial charge in [0.2, 0.25) is 0 Å². The number of allylic oxidation sites excluding steroid dienone is 2. The molecule has 0 saturated heterocycles. The van der Waals surface area contributed by atoms with Crippen molar-refractivity contribution in [1.29, 1.82) is 0 Å². The van der Waals surface area contributed by atoms with Gasteiger partial charge in [-0.3, -0.25) is 9.59 Å². The number of amides is 1. The first-order valence-electron chi connectivity index (χ1n) is 11.8. The number of rotatable bonds is 4. The minimum absolute atomic E-state index is 0.132. The van der Waals surface area contributed by atoms with E-state index in [-0.39, 0.29) is 23.1 Å². The minimum Gasteiger partial charge on any atom is -0.343 e. The van der Waals surface area contributed by atoms with E-state index in [0.717, 1.165) is 40.9 Å². The molecule has 5 rings (SSSR count). The van der Waals surface area contributed by atoms with Crippen LogP contribution in [0.5, 0.6) is 0 Å². The molecule has 3 aromatic rings. The van der Waals surface area contributed by atoms with Crippen molar-refractivity contribution in [2.75, 3.05) is 10.6 Å². The molecule has 1 atom stereocenters. The van der Waals surface area contributed by atoms with Crippen molar-refractivity contribution in [3.8, 4) is 0 Å². The quantitative estimate of drug-likeness (QED) is 0.533. The van der Waals surface area contributed by atoms with E-state index >= 15 is 0 Å². The number of nitrogens with zero attached hydrogens (tertiary/aromatic N) is 2. The summed E-state index contributed by atoms with van der Waals surface area (Å²) in [5, 5.41) is 11.0. The lowest BCUT2D eigenvalue weighted by atomic mass is 9.73. The Morgan fingerprint density at radius 3 is 2.50 bits per heavy atom. The largest absolute Gasteiger partial charge is 0.343 e. The maximum absolute atomic E-state index is 13.3. The number of hydrogen-bond donors (Lipinski definition) is 2. The number of aromatic nitrogens is 2. The van der Waals surface area contributed by atoms with E-state index in [1.165, 1.54) is 5.56 Å². The van der Waals surface area contributed by atoms with Gasteiger partial charge in [0.1, 0.15) is 17.4 Å². The van der Waals surface area contributed by atoms with Crippen molar-refractivity contribution in [3.63, 3.8) is 0 Å². The molecule has 1 aliphatic heterocycles. The van der Waals surface area contributed by atoms with Gasteiger partial charge in [-0.05, 0) is 48.4 Å². The summed E-state index contributed by atoms with van der Waals surface area (Å²) in [4.78, 5) is 26.6. The van der Waals surface area contributed by atoms with Gasteiger partial charge in [-0.15, -0.1) is 0 Å². The van der Waals surface area contributed by atoms with Crippen LogP contribution < -0.4 is 10.6 Å². The molecule has 34 heavy (non-hydrogen) atoms. The third-order valence-corrected chi connectivity index (χ3v) is 6.76. The number of nitrogens with one attached hydrogen (secondary N) is 2. The van der Waals surface area contributed by atoms with Crippen molar-refractivity contribution < 1.29 is 9.59 Å². The van der Waals surface area contributed by atoms with Crippen LogP contribution in [0.25, 0.3) is 0 Å². The third kappa shape index (κ3) is 3.94. The molecule has 6 nitrogen and oxygen atoms in total. The molecular formula is C28H30N4O2. The lowest BCUT2D eigenvalue weighted by molar-refractivity contribution is -0.118. The van der Waals surface area contributed by atoms with Gasteiger partial charge in [0.25, 0.3) is 5.91 Å². The summed E-state index contributed by atoms with van der Waals surface area (Å²) in [5.74, 6) is 0.524. The van der Waals surface area contributed by atoms with Gasteiger partial charge in [-0.1, -0.05) is 62.7 Å². The molecule has 1 unspecified atom stereocenters. The standard InChI is InChI=1S/C28H30N4O2/c1-5-18-8-12-20(13-9-18)30-27(34)21-16-29-32-25(19-10-6-17(2)7-11-19)24-22(31-26(21)32)14-28(3,4)15-23(24)33/h6-13,16,25,31H,5,14-15H2,1-4H3,(H,30,34). The Morgan fingerprint density at radius 1 is 1.12 bits per heavy atom. The number of carbonyl (C=O) groups excluding carboxylic acids is 2. The van der Waals surface area contributed by atoms with Crippen LogP contribution in [-0.2, 0) is 11.2 Å². The molecule has 174 valence electrons. The monoisotopic (exact) mass is 454 g/mol. The van der Waals surface area contributed by atoms with Gasteiger partial charge in [0.05, 0.1) is 6.20 Å². The molecule has 0 radical (unpaired) electrons. The van der Waals surface area contributed by atoms with E-state index in [4.69, 9.17) is 0 Å². The number of carbonyl (C=O) groups is 2. The molecule has 2 aliphatic rings. The third-order valence-electron chi connectivity index (χ3n) is 6.76. The summed E-state index contributed by atoms with van der Waals surface area (Å²) in [6.45, 7) is 8.36. The summed E-state index contributed by atoms with van der Waals surface area (Å²) < 4.78 is 1.79. The molecule has 2 N–H and O–H groups in total. The highest BCUT2D eigenvalue weighted by Gasteiger charge is 2.42. The number of ketones is 1. The second-order valence-corrected chi connectivity index (χ2v) is 10.1. The van der Waals surface area contributed by atoms with Crippen LogP contribution in [0.2, 0.25) is 0 Å².